The maximum absolute atomic E-state index is 9.29. The molecule has 0 aromatic heterocycles. The molecule has 0 bridgehead atoms. The summed E-state index contributed by atoms with van der Waals surface area (Å²) in [6, 6.07) is 0. The second-order valence-electron chi connectivity index (χ2n) is 5.61. The molecule has 1 saturated carbocycles. The van der Waals surface area contributed by atoms with Crippen molar-refractivity contribution in [1.29, 1.82) is 0 Å². The summed E-state index contributed by atoms with van der Waals surface area (Å²) < 4.78 is 0. The minimum Gasteiger partial charge on any atom is -0.393 e. The van der Waals surface area contributed by atoms with E-state index in [1.54, 1.807) is 0 Å². The van der Waals surface area contributed by atoms with Crippen molar-refractivity contribution in [3.8, 4) is 0 Å². The van der Waals surface area contributed by atoms with Crippen molar-refractivity contribution in [3.63, 3.8) is 0 Å². The Hall–Kier alpha value is -0.120. The molecule has 3 nitrogen and oxygen atoms in total. The summed E-state index contributed by atoms with van der Waals surface area (Å²) in [6.45, 7) is 5.17. The lowest BCUT2D eigenvalue weighted by Crippen LogP contribution is -2.41. The van der Waals surface area contributed by atoms with Crippen molar-refractivity contribution in [2.75, 3.05) is 33.7 Å². The molecule has 16 heavy (non-hydrogen) atoms. The summed E-state index contributed by atoms with van der Waals surface area (Å²) in [4.78, 5) is 2.38. The summed E-state index contributed by atoms with van der Waals surface area (Å²) in [5.41, 5.74) is 0.488. The highest BCUT2D eigenvalue weighted by molar-refractivity contribution is 4.88. The van der Waals surface area contributed by atoms with Gasteiger partial charge in [0, 0.05) is 19.6 Å². The van der Waals surface area contributed by atoms with E-state index >= 15 is 0 Å². The zero-order valence-electron chi connectivity index (χ0n) is 11.1. The average molecular weight is 228 g/mol. The van der Waals surface area contributed by atoms with Gasteiger partial charge in [0.1, 0.15) is 0 Å². The summed E-state index contributed by atoms with van der Waals surface area (Å²) >= 11 is 0. The van der Waals surface area contributed by atoms with Crippen LogP contribution >= 0.6 is 0 Å². The van der Waals surface area contributed by atoms with Crippen molar-refractivity contribution in [1.82, 2.24) is 10.2 Å². The number of hydrogen-bond acceptors (Lipinski definition) is 3. The Morgan fingerprint density at radius 2 is 2.00 bits per heavy atom. The van der Waals surface area contributed by atoms with E-state index in [1.807, 2.05) is 6.92 Å². The Morgan fingerprint density at radius 3 is 2.50 bits per heavy atom. The lowest BCUT2D eigenvalue weighted by Gasteiger charge is -2.33. The molecule has 0 aromatic rings. The molecule has 0 saturated heterocycles. The molecule has 0 aliphatic heterocycles. The van der Waals surface area contributed by atoms with Crippen LogP contribution in [0.15, 0.2) is 0 Å². The predicted molar refractivity (Wildman–Crippen MR) is 68.6 cm³/mol. The van der Waals surface area contributed by atoms with Crippen LogP contribution < -0.4 is 5.32 Å². The van der Waals surface area contributed by atoms with Gasteiger partial charge in [-0.3, -0.25) is 0 Å². The fourth-order valence-electron chi connectivity index (χ4n) is 2.95. The van der Waals surface area contributed by atoms with E-state index in [-0.39, 0.29) is 6.10 Å². The molecule has 0 aromatic carbocycles. The molecule has 2 N–H and O–H groups in total. The van der Waals surface area contributed by atoms with Gasteiger partial charge in [0.15, 0.2) is 0 Å². The SMILES string of the molecule is CNCC1(CN(C)CCC(C)O)CCCC1. The predicted octanol–water partition coefficient (Wildman–Crippen LogP) is 1.47. The third-order valence-corrected chi connectivity index (χ3v) is 3.75. The molecule has 96 valence electrons. The van der Waals surface area contributed by atoms with Crippen LogP contribution in [0.1, 0.15) is 39.0 Å². The number of nitrogens with one attached hydrogen (secondary N) is 1. The Bertz CT molecular complexity index is 188. The van der Waals surface area contributed by atoms with Gasteiger partial charge in [-0.2, -0.15) is 0 Å². The Kier molecular flexibility index (Phi) is 5.73. The molecule has 0 heterocycles. The van der Waals surface area contributed by atoms with Crippen LogP contribution in [0.25, 0.3) is 0 Å². The molecule has 1 fully saturated rings. The quantitative estimate of drug-likeness (QED) is 0.692. The van der Waals surface area contributed by atoms with Crippen molar-refractivity contribution in [2.24, 2.45) is 5.41 Å². The third kappa shape index (κ3) is 4.40. The highest BCUT2D eigenvalue weighted by Crippen LogP contribution is 2.38. The van der Waals surface area contributed by atoms with Crippen molar-refractivity contribution < 1.29 is 5.11 Å². The number of nitrogens with zero attached hydrogens (tertiary/aromatic N) is 1. The van der Waals surface area contributed by atoms with Crippen LogP contribution in [-0.4, -0.2) is 49.8 Å². The molecule has 3 heteroatoms. The van der Waals surface area contributed by atoms with Crippen LogP contribution in [0, 0.1) is 5.41 Å². The highest BCUT2D eigenvalue weighted by atomic mass is 16.3. The minimum atomic E-state index is -0.175. The fourth-order valence-corrected chi connectivity index (χ4v) is 2.95. The highest BCUT2D eigenvalue weighted by Gasteiger charge is 2.33. The van der Waals surface area contributed by atoms with Crippen LogP contribution in [0.2, 0.25) is 0 Å². The Morgan fingerprint density at radius 1 is 1.38 bits per heavy atom. The number of hydrogen-bond donors (Lipinski definition) is 2. The van der Waals surface area contributed by atoms with Gasteiger partial charge in [0.25, 0.3) is 0 Å². The summed E-state index contributed by atoms with van der Waals surface area (Å²) in [5.74, 6) is 0. The fraction of sp³-hybridized carbons (Fsp3) is 1.00. The first kappa shape index (κ1) is 13.9. The average Bonchev–Trinajstić information content (AvgIpc) is 2.64. The van der Waals surface area contributed by atoms with Gasteiger partial charge in [0.2, 0.25) is 0 Å². The van der Waals surface area contributed by atoms with Gasteiger partial charge in [-0.05, 0) is 45.7 Å². The third-order valence-electron chi connectivity index (χ3n) is 3.75. The van der Waals surface area contributed by atoms with Crippen molar-refractivity contribution in [2.45, 2.75) is 45.1 Å². The lowest BCUT2D eigenvalue weighted by molar-refractivity contribution is 0.135. The summed E-state index contributed by atoms with van der Waals surface area (Å²) in [7, 11) is 4.23. The van der Waals surface area contributed by atoms with E-state index in [4.69, 9.17) is 0 Å². The summed E-state index contributed by atoms with van der Waals surface area (Å²) in [6.07, 6.45) is 6.18. The molecule has 1 aliphatic carbocycles. The van der Waals surface area contributed by atoms with Crippen LogP contribution in [0.4, 0.5) is 0 Å². The van der Waals surface area contributed by atoms with E-state index in [0.29, 0.717) is 5.41 Å². The maximum atomic E-state index is 9.29. The Labute approximate surface area is 100 Å². The second-order valence-corrected chi connectivity index (χ2v) is 5.61. The zero-order valence-corrected chi connectivity index (χ0v) is 11.1. The van der Waals surface area contributed by atoms with Gasteiger partial charge in [-0.15, -0.1) is 0 Å². The molecule has 1 unspecified atom stereocenters. The second kappa shape index (κ2) is 6.58. The molecule has 0 amide bonds. The first-order valence-electron chi connectivity index (χ1n) is 6.59. The standard InChI is InChI=1S/C13H28N2O/c1-12(16)6-9-15(3)11-13(10-14-2)7-4-5-8-13/h12,14,16H,4-11H2,1-3H3. The van der Waals surface area contributed by atoms with Gasteiger partial charge < -0.3 is 15.3 Å². The van der Waals surface area contributed by atoms with E-state index in [9.17, 15) is 5.11 Å². The number of rotatable bonds is 7. The molecular formula is C13H28N2O. The van der Waals surface area contributed by atoms with E-state index < -0.39 is 0 Å². The van der Waals surface area contributed by atoms with Gasteiger partial charge in [-0.1, -0.05) is 12.8 Å². The van der Waals surface area contributed by atoms with Gasteiger partial charge in [-0.25, -0.2) is 0 Å². The van der Waals surface area contributed by atoms with E-state index in [0.717, 1.165) is 19.5 Å². The monoisotopic (exact) mass is 228 g/mol. The first-order chi connectivity index (χ1) is 7.58. The minimum absolute atomic E-state index is 0.175. The Balaban J connectivity index is 2.36. The molecule has 0 radical (unpaired) electrons. The molecule has 1 rings (SSSR count). The van der Waals surface area contributed by atoms with Crippen LogP contribution in [-0.2, 0) is 0 Å². The van der Waals surface area contributed by atoms with Gasteiger partial charge >= 0.3 is 0 Å². The molecule has 1 aliphatic rings. The molecular weight excluding hydrogens is 200 g/mol. The lowest BCUT2D eigenvalue weighted by atomic mass is 9.85. The maximum Gasteiger partial charge on any atom is 0.0524 e. The molecule has 1 atom stereocenters. The zero-order chi connectivity index (χ0) is 12.0. The van der Waals surface area contributed by atoms with Crippen molar-refractivity contribution >= 4 is 0 Å². The number of aliphatic hydroxyl groups excluding tert-OH is 1. The first-order valence-corrected chi connectivity index (χ1v) is 6.59. The number of aliphatic hydroxyl groups is 1. The topological polar surface area (TPSA) is 35.5 Å². The van der Waals surface area contributed by atoms with E-state index in [1.165, 1.54) is 32.2 Å². The van der Waals surface area contributed by atoms with E-state index in [2.05, 4.69) is 24.3 Å². The van der Waals surface area contributed by atoms with Crippen LogP contribution in [0.5, 0.6) is 0 Å². The normalized spacial score (nSPS) is 21.6. The molecule has 0 spiro atoms. The smallest absolute Gasteiger partial charge is 0.0524 e. The largest absolute Gasteiger partial charge is 0.393 e. The van der Waals surface area contributed by atoms with Gasteiger partial charge in [0.05, 0.1) is 6.10 Å². The summed E-state index contributed by atoms with van der Waals surface area (Å²) in [5, 5.41) is 12.6. The van der Waals surface area contributed by atoms with Crippen molar-refractivity contribution in [3.05, 3.63) is 0 Å². The van der Waals surface area contributed by atoms with Crippen LogP contribution in [0.3, 0.4) is 0 Å².